The lowest BCUT2D eigenvalue weighted by Crippen LogP contribution is -2.51. The number of halogens is 2. The summed E-state index contributed by atoms with van der Waals surface area (Å²) in [5.41, 5.74) is -1.20. The van der Waals surface area contributed by atoms with Gasteiger partial charge in [-0.05, 0) is 31.9 Å². The fourth-order valence-electron chi connectivity index (χ4n) is 2.89. The number of allylic oxidation sites excluding steroid dienone is 1. The van der Waals surface area contributed by atoms with E-state index in [1.807, 2.05) is 0 Å². The topological polar surface area (TPSA) is 58.2 Å². The van der Waals surface area contributed by atoms with Gasteiger partial charge in [-0.2, -0.15) is 0 Å². The molecule has 0 saturated heterocycles. The van der Waals surface area contributed by atoms with Gasteiger partial charge in [0.15, 0.2) is 5.78 Å². The first-order valence-electron chi connectivity index (χ1n) is 7.63. The average molecular weight is 322 g/mol. The van der Waals surface area contributed by atoms with Crippen molar-refractivity contribution in [3.8, 4) is 0 Å². The maximum Gasteiger partial charge on any atom is 0.239 e. The lowest BCUT2D eigenvalue weighted by molar-refractivity contribution is -0.141. The molecule has 0 unspecified atom stereocenters. The van der Waals surface area contributed by atoms with Gasteiger partial charge in [-0.3, -0.25) is 9.59 Å². The first-order chi connectivity index (χ1) is 10.9. The molecule has 23 heavy (non-hydrogen) atoms. The van der Waals surface area contributed by atoms with Crippen molar-refractivity contribution >= 4 is 11.7 Å². The highest BCUT2D eigenvalue weighted by Crippen LogP contribution is 2.32. The molecule has 6 heteroatoms. The number of ketones is 1. The molecule has 0 fully saturated rings. The molecule has 4 nitrogen and oxygen atoms in total. The molecular weight excluding hydrogens is 302 g/mol. The third kappa shape index (κ3) is 2.98. The number of carbonyl (C=O) groups excluding carboxylic acids is 2. The van der Waals surface area contributed by atoms with Crippen LogP contribution in [0.25, 0.3) is 0 Å². The summed E-state index contributed by atoms with van der Waals surface area (Å²) in [4.78, 5) is 24.6. The van der Waals surface area contributed by atoms with Crippen LogP contribution in [-0.2, 0) is 9.59 Å². The van der Waals surface area contributed by atoms with Crippen LogP contribution in [-0.4, -0.2) is 11.7 Å². The predicted octanol–water partition coefficient (Wildman–Crippen LogP) is 2.96. The van der Waals surface area contributed by atoms with Crippen LogP contribution in [0.2, 0.25) is 0 Å². The van der Waals surface area contributed by atoms with E-state index in [9.17, 15) is 18.4 Å². The summed E-state index contributed by atoms with van der Waals surface area (Å²) in [6.07, 6.45) is 2.09. The summed E-state index contributed by atoms with van der Waals surface area (Å²) in [6.45, 7) is 5.12. The van der Waals surface area contributed by atoms with Crippen LogP contribution in [0.5, 0.6) is 0 Å². The Labute approximate surface area is 134 Å². The summed E-state index contributed by atoms with van der Waals surface area (Å²) in [7, 11) is 0. The lowest BCUT2D eigenvalue weighted by Gasteiger charge is -2.33. The van der Waals surface area contributed by atoms with E-state index in [-0.39, 0.29) is 17.2 Å². The maximum atomic E-state index is 13.8. The second-order valence-electron chi connectivity index (χ2n) is 5.67. The molecule has 1 aromatic carbocycles. The highest BCUT2D eigenvalue weighted by atomic mass is 19.1. The van der Waals surface area contributed by atoms with E-state index < -0.39 is 29.0 Å². The molecule has 1 atom stereocenters. The summed E-state index contributed by atoms with van der Waals surface area (Å²) >= 11 is 0. The van der Waals surface area contributed by atoms with Gasteiger partial charge in [-0.15, -0.1) is 0 Å². The van der Waals surface area contributed by atoms with Crippen molar-refractivity contribution in [3.05, 3.63) is 47.3 Å². The second kappa shape index (κ2) is 6.48. The smallest absolute Gasteiger partial charge is 0.239 e. The third-order valence-corrected chi connectivity index (χ3v) is 4.44. The van der Waals surface area contributed by atoms with Gasteiger partial charge in [0.05, 0.1) is 6.04 Å². The first-order valence-corrected chi connectivity index (χ1v) is 7.63. The van der Waals surface area contributed by atoms with Crippen LogP contribution in [0.15, 0.2) is 30.1 Å². The van der Waals surface area contributed by atoms with Crippen LogP contribution in [0.3, 0.4) is 0 Å². The lowest BCUT2D eigenvalue weighted by atomic mass is 9.75. The molecule has 124 valence electrons. The summed E-state index contributed by atoms with van der Waals surface area (Å²) < 4.78 is 27.6. The van der Waals surface area contributed by atoms with Gasteiger partial charge in [-0.25, -0.2) is 8.78 Å². The molecule has 2 rings (SSSR count). The molecule has 0 radical (unpaired) electrons. The van der Waals surface area contributed by atoms with Crippen molar-refractivity contribution in [1.29, 1.82) is 0 Å². The standard InChI is InChI=1S/C17H20F2N2O2/c1-4-17(5-2)13(22)9-14(21-16(17)23)20-10(3)15-11(18)7-6-8-12(15)19/h6-10,20H,4-5H2,1-3H3,(H,21,23)/t10-/m1/s1. The van der Waals surface area contributed by atoms with Gasteiger partial charge in [0.2, 0.25) is 5.91 Å². The van der Waals surface area contributed by atoms with E-state index in [1.165, 1.54) is 12.1 Å². The molecule has 0 saturated carbocycles. The molecule has 2 N–H and O–H groups in total. The molecule has 0 aliphatic carbocycles. The zero-order valence-corrected chi connectivity index (χ0v) is 13.4. The maximum absolute atomic E-state index is 13.8. The van der Waals surface area contributed by atoms with E-state index in [1.54, 1.807) is 20.8 Å². The Bertz CT molecular complexity index is 646. The van der Waals surface area contributed by atoms with Crippen molar-refractivity contribution in [3.63, 3.8) is 0 Å². The molecule has 1 aromatic rings. The highest BCUT2D eigenvalue weighted by Gasteiger charge is 2.44. The van der Waals surface area contributed by atoms with Crippen molar-refractivity contribution in [2.24, 2.45) is 5.41 Å². The van der Waals surface area contributed by atoms with E-state index in [4.69, 9.17) is 0 Å². The monoisotopic (exact) mass is 322 g/mol. The van der Waals surface area contributed by atoms with Crippen LogP contribution < -0.4 is 10.6 Å². The van der Waals surface area contributed by atoms with E-state index >= 15 is 0 Å². The minimum Gasteiger partial charge on any atom is -0.365 e. The first kappa shape index (κ1) is 17.1. The number of hydrogen-bond acceptors (Lipinski definition) is 3. The molecule has 1 aliphatic heterocycles. The van der Waals surface area contributed by atoms with Crippen molar-refractivity contribution < 1.29 is 18.4 Å². The molecule has 1 amide bonds. The highest BCUT2D eigenvalue weighted by molar-refractivity contribution is 6.13. The minimum atomic E-state index is -1.06. The van der Waals surface area contributed by atoms with Gasteiger partial charge in [0, 0.05) is 11.6 Å². The molecular formula is C17H20F2N2O2. The van der Waals surface area contributed by atoms with E-state index in [0.717, 1.165) is 12.1 Å². The third-order valence-electron chi connectivity index (χ3n) is 4.44. The van der Waals surface area contributed by atoms with Crippen molar-refractivity contribution in [1.82, 2.24) is 10.6 Å². The molecule has 0 bridgehead atoms. The summed E-state index contributed by atoms with van der Waals surface area (Å²) in [5, 5.41) is 5.42. The normalized spacial score (nSPS) is 18.2. The number of amides is 1. The number of rotatable bonds is 5. The van der Waals surface area contributed by atoms with Crippen molar-refractivity contribution in [2.75, 3.05) is 0 Å². The van der Waals surface area contributed by atoms with Gasteiger partial charge >= 0.3 is 0 Å². The van der Waals surface area contributed by atoms with E-state index in [0.29, 0.717) is 12.8 Å². The Morgan fingerprint density at radius 1 is 1.17 bits per heavy atom. The Morgan fingerprint density at radius 3 is 2.22 bits per heavy atom. The number of carbonyl (C=O) groups is 2. The Morgan fingerprint density at radius 2 is 1.74 bits per heavy atom. The summed E-state index contributed by atoms with van der Waals surface area (Å²) in [6, 6.07) is 2.86. The largest absolute Gasteiger partial charge is 0.365 e. The molecule has 0 aromatic heterocycles. The molecule has 0 spiro atoms. The number of benzene rings is 1. The number of hydrogen-bond donors (Lipinski definition) is 2. The zero-order chi connectivity index (χ0) is 17.2. The van der Waals surface area contributed by atoms with Gasteiger partial charge in [0.1, 0.15) is 22.9 Å². The van der Waals surface area contributed by atoms with Crippen LogP contribution in [0.1, 0.15) is 45.2 Å². The fraction of sp³-hybridized carbons (Fsp3) is 0.412. The molecule has 1 aliphatic rings. The Hall–Kier alpha value is -2.24. The van der Waals surface area contributed by atoms with Gasteiger partial charge in [0.25, 0.3) is 0 Å². The Balaban J connectivity index is 2.25. The van der Waals surface area contributed by atoms with E-state index in [2.05, 4.69) is 10.6 Å². The SMILES string of the molecule is CCC1(CC)C(=O)C=C(N[C@H](C)c2c(F)cccc2F)NC1=O. The van der Waals surface area contributed by atoms with Crippen LogP contribution >= 0.6 is 0 Å². The van der Waals surface area contributed by atoms with Crippen LogP contribution in [0.4, 0.5) is 8.78 Å². The zero-order valence-electron chi connectivity index (χ0n) is 13.4. The van der Waals surface area contributed by atoms with Gasteiger partial charge in [-0.1, -0.05) is 19.9 Å². The quantitative estimate of drug-likeness (QED) is 0.820. The Kier molecular flexibility index (Phi) is 4.82. The fourth-order valence-corrected chi connectivity index (χ4v) is 2.89. The summed E-state index contributed by atoms with van der Waals surface area (Å²) in [5.74, 6) is -1.90. The van der Waals surface area contributed by atoms with Crippen molar-refractivity contribution in [2.45, 2.75) is 39.7 Å². The molecule has 1 heterocycles. The average Bonchev–Trinajstić information content (AvgIpc) is 2.47. The predicted molar refractivity (Wildman–Crippen MR) is 82.2 cm³/mol. The van der Waals surface area contributed by atoms with Crippen LogP contribution in [0, 0.1) is 17.0 Å². The minimum absolute atomic E-state index is 0.141. The van der Waals surface area contributed by atoms with Gasteiger partial charge < -0.3 is 10.6 Å². The number of nitrogens with one attached hydrogen (secondary N) is 2. The second-order valence-corrected chi connectivity index (χ2v) is 5.67.